The highest BCUT2D eigenvalue weighted by Gasteiger charge is 2.51. The lowest BCUT2D eigenvalue weighted by molar-refractivity contribution is -0.178. The summed E-state index contributed by atoms with van der Waals surface area (Å²) in [6, 6.07) is 13.3. The summed E-state index contributed by atoms with van der Waals surface area (Å²) < 4.78 is 17.4. The van der Waals surface area contributed by atoms with Gasteiger partial charge in [-0.2, -0.15) is 0 Å². The smallest absolute Gasteiger partial charge is 0.176 e. The summed E-state index contributed by atoms with van der Waals surface area (Å²) in [7, 11) is 3.67. The van der Waals surface area contributed by atoms with Gasteiger partial charge in [0.25, 0.3) is 0 Å². The fraction of sp³-hybridized carbons (Fsp3) is 0.500. The molecule has 1 aromatic carbocycles. The number of methoxy groups -OCH3 is 1. The standard InChI is InChI=1S/C22H29N3O4/c1-25(12-10-16-8-5-6-11-23-16)20-21(26)19(18-14-28-22(20)29-18)24-13-15-7-3-4-9-17(15)27-2/h3-9,11,18-22,24,26H,10,12-14H2,1-2H3. The summed E-state index contributed by atoms with van der Waals surface area (Å²) in [6.07, 6.45) is 1.43. The predicted octanol–water partition coefficient (Wildman–Crippen LogP) is 1.21. The normalized spacial score (nSPS) is 28.6. The first-order valence-corrected chi connectivity index (χ1v) is 10.1. The molecule has 7 nitrogen and oxygen atoms in total. The van der Waals surface area contributed by atoms with E-state index in [-0.39, 0.29) is 18.2 Å². The molecule has 5 atom stereocenters. The molecule has 29 heavy (non-hydrogen) atoms. The lowest BCUT2D eigenvalue weighted by Crippen LogP contribution is -2.63. The van der Waals surface area contributed by atoms with Crippen LogP contribution in [0.15, 0.2) is 48.7 Å². The van der Waals surface area contributed by atoms with Gasteiger partial charge in [0, 0.05) is 37.0 Å². The average Bonchev–Trinajstić information content (AvgIpc) is 3.18. The van der Waals surface area contributed by atoms with Crippen molar-refractivity contribution in [1.82, 2.24) is 15.2 Å². The van der Waals surface area contributed by atoms with Crippen molar-refractivity contribution in [3.05, 3.63) is 59.9 Å². The van der Waals surface area contributed by atoms with Crippen molar-refractivity contribution in [2.45, 2.75) is 43.5 Å². The van der Waals surface area contributed by atoms with E-state index < -0.39 is 12.4 Å². The number of aromatic nitrogens is 1. The molecule has 2 aromatic rings. The van der Waals surface area contributed by atoms with Crippen LogP contribution in [0.4, 0.5) is 0 Å². The zero-order valence-electron chi connectivity index (χ0n) is 16.9. The molecule has 3 heterocycles. The molecule has 7 heteroatoms. The van der Waals surface area contributed by atoms with Crippen LogP contribution in [0, 0.1) is 0 Å². The van der Waals surface area contributed by atoms with Crippen molar-refractivity contribution < 1.29 is 19.3 Å². The Morgan fingerprint density at radius 2 is 2.07 bits per heavy atom. The first kappa shape index (κ1) is 20.3. The Labute approximate surface area is 171 Å². The molecule has 2 fully saturated rings. The van der Waals surface area contributed by atoms with Crippen LogP contribution < -0.4 is 10.1 Å². The number of aliphatic hydroxyl groups is 1. The number of hydrogen-bond donors (Lipinski definition) is 2. The second-order valence-corrected chi connectivity index (χ2v) is 7.63. The summed E-state index contributed by atoms with van der Waals surface area (Å²) in [5, 5.41) is 14.6. The number of aliphatic hydroxyl groups excluding tert-OH is 1. The van der Waals surface area contributed by atoms with Crippen molar-refractivity contribution in [3.8, 4) is 5.75 Å². The monoisotopic (exact) mass is 399 g/mol. The number of para-hydroxylation sites is 1. The van der Waals surface area contributed by atoms with Crippen LogP contribution >= 0.6 is 0 Å². The topological polar surface area (TPSA) is 76.1 Å². The zero-order chi connectivity index (χ0) is 20.2. The fourth-order valence-electron chi connectivity index (χ4n) is 4.18. The van der Waals surface area contributed by atoms with Crippen LogP contribution in [-0.4, -0.2) is 72.9 Å². The quantitative estimate of drug-likeness (QED) is 0.691. The van der Waals surface area contributed by atoms with Gasteiger partial charge in [-0.1, -0.05) is 24.3 Å². The number of nitrogens with zero attached hydrogens (tertiary/aromatic N) is 2. The Kier molecular flexibility index (Phi) is 6.42. The predicted molar refractivity (Wildman–Crippen MR) is 109 cm³/mol. The third kappa shape index (κ3) is 4.44. The van der Waals surface area contributed by atoms with Crippen molar-refractivity contribution in [1.29, 1.82) is 0 Å². The molecule has 2 N–H and O–H groups in total. The summed E-state index contributed by atoms with van der Waals surface area (Å²) in [4.78, 5) is 6.50. The number of benzene rings is 1. The third-order valence-corrected chi connectivity index (χ3v) is 5.81. The van der Waals surface area contributed by atoms with Gasteiger partial charge in [0.15, 0.2) is 6.29 Å². The van der Waals surface area contributed by atoms with Crippen LogP contribution in [0.1, 0.15) is 11.3 Å². The van der Waals surface area contributed by atoms with Crippen molar-refractivity contribution >= 4 is 0 Å². The summed E-state index contributed by atoms with van der Waals surface area (Å²) >= 11 is 0. The molecule has 2 aliphatic rings. The second-order valence-electron chi connectivity index (χ2n) is 7.63. The Hall–Kier alpha value is -2.03. The van der Waals surface area contributed by atoms with Crippen LogP contribution in [-0.2, 0) is 22.4 Å². The molecule has 1 aromatic heterocycles. The van der Waals surface area contributed by atoms with E-state index in [1.54, 1.807) is 13.3 Å². The average molecular weight is 399 g/mol. The largest absolute Gasteiger partial charge is 0.496 e. The highest BCUT2D eigenvalue weighted by Crippen LogP contribution is 2.31. The second kappa shape index (κ2) is 9.19. The van der Waals surface area contributed by atoms with Gasteiger partial charge in [-0.3, -0.25) is 9.88 Å². The SMILES string of the molecule is COc1ccccc1CNC1C2COC(O2)C(N(C)CCc2ccccn2)C1O. The Bertz CT molecular complexity index is 791. The molecule has 0 amide bonds. The lowest BCUT2D eigenvalue weighted by atomic mass is 9.94. The zero-order valence-corrected chi connectivity index (χ0v) is 16.9. The minimum Gasteiger partial charge on any atom is -0.496 e. The number of pyridine rings is 1. The van der Waals surface area contributed by atoms with Crippen LogP contribution in [0.5, 0.6) is 5.75 Å². The van der Waals surface area contributed by atoms with Crippen LogP contribution in [0.25, 0.3) is 0 Å². The van der Waals surface area contributed by atoms with E-state index in [2.05, 4.69) is 15.2 Å². The molecule has 0 saturated carbocycles. The van der Waals surface area contributed by atoms with Crippen LogP contribution in [0.2, 0.25) is 0 Å². The minimum atomic E-state index is -0.607. The van der Waals surface area contributed by atoms with Crippen LogP contribution in [0.3, 0.4) is 0 Å². The Morgan fingerprint density at radius 1 is 1.24 bits per heavy atom. The van der Waals surface area contributed by atoms with Gasteiger partial charge in [0.05, 0.1) is 31.9 Å². The molecule has 4 rings (SSSR count). The maximum absolute atomic E-state index is 11.2. The van der Waals surface area contributed by atoms with E-state index in [1.807, 2.05) is 49.5 Å². The first-order chi connectivity index (χ1) is 14.2. The van der Waals surface area contributed by atoms with E-state index in [4.69, 9.17) is 14.2 Å². The molecule has 5 unspecified atom stereocenters. The molecule has 2 saturated heterocycles. The van der Waals surface area contributed by atoms with E-state index in [9.17, 15) is 5.11 Å². The summed E-state index contributed by atoms with van der Waals surface area (Å²) in [5.74, 6) is 0.829. The molecular formula is C22H29N3O4. The first-order valence-electron chi connectivity index (χ1n) is 10.1. The number of nitrogens with one attached hydrogen (secondary N) is 1. The molecule has 2 aliphatic heterocycles. The third-order valence-electron chi connectivity index (χ3n) is 5.81. The highest BCUT2D eigenvalue weighted by atomic mass is 16.7. The Morgan fingerprint density at radius 3 is 2.86 bits per heavy atom. The maximum Gasteiger partial charge on any atom is 0.176 e. The number of fused-ring (bicyclic) bond motifs is 2. The molecule has 0 radical (unpaired) electrons. The summed E-state index contributed by atoms with van der Waals surface area (Å²) in [6.45, 7) is 1.82. The highest BCUT2D eigenvalue weighted by molar-refractivity contribution is 5.33. The molecule has 0 aliphatic carbocycles. The van der Waals surface area contributed by atoms with Gasteiger partial charge >= 0.3 is 0 Å². The lowest BCUT2D eigenvalue weighted by Gasteiger charge is -2.42. The summed E-state index contributed by atoms with van der Waals surface area (Å²) in [5.41, 5.74) is 2.07. The number of rotatable bonds is 8. The van der Waals surface area contributed by atoms with E-state index in [0.717, 1.165) is 30.0 Å². The molecule has 0 spiro atoms. The Balaban J connectivity index is 1.41. The molecule has 2 bridgehead atoms. The van der Waals surface area contributed by atoms with E-state index in [0.29, 0.717) is 13.2 Å². The van der Waals surface area contributed by atoms with Gasteiger partial charge in [-0.25, -0.2) is 0 Å². The van der Waals surface area contributed by atoms with Crippen molar-refractivity contribution in [3.63, 3.8) is 0 Å². The van der Waals surface area contributed by atoms with Gasteiger partial charge in [-0.15, -0.1) is 0 Å². The minimum absolute atomic E-state index is 0.162. The van der Waals surface area contributed by atoms with Crippen molar-refractivity contribution in [2.24, 2.45) is 0 Å². The van der Waals surface area contributed by atoms with Gasteiger partial charge < -0.3 is 24.6 Å². The van der Waals surface area contributed by atoms with E-state index >= 15 is 0 Å². The van der Waals surface area contributed by atoms with Gasteiger partial charge in [0.2, 0.25) is 0 Å². The van der Waals surface area contributed by atoms with E-state index in [1.165, 1.54) is 0 Å². The van der Waals surface area contributed by atoms with Gasteiger partial charge in [-0.05, 0) is 25.2 Å². The number of ether oxygens (including phenoxy) is 3. The fourth-order valence-corrected chi connectivity index (χ4v) is 4.18. The maximum atomic E-state index is 11.2. The molecule has 156 valence electrons. The van der Waals surface area contributed by atoms with Gasteiger partial charge in [0.1, 0.15) is 11.9 Å². The number of hydrogen-bond acceptors (Lipinski definition) is 7. The van der Waals surface area contributed by atoms with Crippen molar-refractivity contribution in [2.75, 3.05) is 27.3 Å². The number of likely N-dealkylation sites (N-methyl/N-ethyl adjacent to an activating group) is 1. The molecular weight excluding hydrogens is 370 g/mol.